The first-order valence-electron chi connectivity index (χ1n) is 8.93. The summed E-state index contributed by atoms with van der Waals surface area (Å²) in [4.78, 5) is 24.2. The molecule has 1 fully saturated rings. The molecule has 2 unspecified atom stereocenters. The van der Waals surface area contributed by atoms with Crippen LogP contribution in [0.3, 0.4) is 0 Å². The van der Waals surface area contributed by atoms with Gasteiger partial charge in [-0.15, -0.1) is 0 Å². The van der Waals surface area contributed by atoms with E-state index in [-0.39, 0.29) is 24.3 Å². The number of amides is 2. The molecule has 1 saturated heterocycles. The van der Waals surface area contributed by atoms with Gasteiger partial charge >= 0.3 is 0 Å². The van der Waals surface area contributed by atoms with E-state index in [0.717, 1.165) is 16.9 Å². The van der Waals surface area contributed by atoms with E-state index in [4.69, 9.17) is 4.74 Å². The Morgan fingerprint density at radius 3 is 2.67 bits per heavy atom. The zero-order valence-corrected chi connectivity index (χ0v) is 15.2. The Kier molecular flexibility index (Phi) is 6.40. The number of hydrogen-bond acceptors (Lipinski definition) is 5. The topological polar surface area (TPSA) is 91.5 Å². The molecular weight excluding hydrogens is 344 g/mol. The summed E-state index contributed by atoms with van der Waals surface area (Å²) in [6.45, 7) is 0. The fraction of sp³-hybridized carbons (Fsp3) is 0.300. The maximum absolute atomic E-state index is 12.2. The van der Waals surface area contributed by atoms with Gasteiger partial charge in [-0.25, -0.2) is 10.9 Å². The summed E-state index contributed by atoms with van der Waals surface area (Å²) in [5.74, 6) is 0.251. The molecule has 142 valence electrons. The lowest BCUT2D eigenvalue weighted by Gasteiger charge is -2.12. The SMILES string of the molecule is COc1cccc(CCC(=O)NNC(=O)C2CC(c3ccccc3)NN2)c1. The van der Waals surface area contributed by atoms with Gasteiger partial charge in [-0.2, -0.15) is 0 Å². The molecule has 1 heterocycles. The van der Waals surface area contributed by atoms with Crippen molar-refractivity contribution in [3.05, 3.63) is 65.7 Å². The van der Waals surface area contributed by atoms with Crippen molar-refractivity contribution in [3.8, 4) is 5.75 Å². The van der Waals surface area contributed by atoms with Gasteiger partial charge in [0.05, 0.1) is 7.11 Å². The summed E-state index contributed by atoms with van der Waals surface area (Å²) in [6.07, 6.45) is 1.45. The second-order valence-electron chi connectivity index (χ2n) is 6.43. The van der Waals surface area contributed by atoms with Crippen molar-refractivity contribution in [2.75, 3.05) is 7.11 Å². The summed E-state index contributed by atoms with van der Waals surface area (Å²) in [7, 11) is 1.61. The first-order chi connectivity index (χ1) is 13.2. The summed E-state index contributed by atoms with van der Waals surface area (Å²) in [6, 6.07) is 17.1. The molecule has 2 amide bonds. The monoisotopic (exact) mass is 368 g/mol. The average Bonchev–Trinajstić information content (AvgIpc) is 3.21. The Morgan fingerprint density at radius 1 is 1.07 bits per heavy atom. The third-order valence-corrected chi connectivity index (χ3v) is 4.52. The summed E-state index contributed by atoms with van der Waals surface area (Å²) in [5, 5.41) is 0. The quantitative estimate of drug-likeness (QED) is 0.579. The Bertz CT molecular complexity index is 782. The number of aryl methyl sites for hydroxylation is 1. The van der Waals surface area contributed by atoms with E-state index < -0.39 is 6.04 Å². The molecule has 27 heavy (non-hydrogen) atoms. The average molecular weight is 368 g/mol. The zero-order chi connectivity index (χ0) is 19.1. The third kappa shape index (κ3) is 5.29. The van der Waals surface area contributed by atoms with Crippen LogP contribution in [0.2, 0.25) is 0 Å². The molecule has 2 atom stereocenters. The highest BCUT2D eigenvalue weighted by atomic mass is 16.5. The number of hydrogen-bond donors (Lipinski definition) is 4. The minimum Gasteiger partial charge on any atom is -0.497 e. The molecular formula is C20H24N4O3. The van der Waals surface area contributed by atoms with Gasteiger partial charge in [0.1, 0.15) is 11.8 Å². The predicted octanol–water partition coefficient (Wildman–Crippen LogP) is 1.38. The Labute approximate surface area is 158 Å². The van der Waals surface area contributed by atoms with Gasteiger partial charge in [0.2, 0.25) is 5.91 Å². The molecule has 1 aliphatic heterocycles. The van der Waals surface area contributed by atoms with Crippen molar-refractivity contribution < 1.29 is 14.3 Å². The smallest absolute Gasteiger partial charge is 0.256 e. The lowest BCUT2D eigenvalue weighted by molar-refractivity contribution is -0.129. The van der Waals surface area contributed by atoms with E-state index in [1.807, 2.05) is 54.6 Å². The highest BCUT2D eigenvalue weighted by Crippen LogP contribution is 2.21. The van der Waals surface area contributed by atoms with Crippen molar-refractivity contribution in [1.82, 2.24) is 21.7 Å². The molecule has 0 bridgehead atoms. The van der Waals surface area contributed by atoms with Crippen molar-refractivity contribution in [1.29, 1.82) is 0 Å². The van der Waals surface area contributed by atoms with Gasteiger partial charge in [-0.3, -0.25) is 20.4 Å². The second-order valence-corrected chi connectivity index (χ2v) is 6.43. The molecule has 2 aromatic carbocycles. The number of ether oxygens (including phenoxy) is 1. The molecule has 4 N–H and O–H groups in total. The number of methoxy groups -OCH3 is 1. The third-order valence-electron chi connectivity index (χ3n) is 4.52. The second kappa shape index (κ2) is 9.16. The van der Waals surface area contributed by atoms with Crippen LogP contribution in [-0.2, 0) is 16.0 Å². The minimum absolute atomic E-state index is 0.0608. The van der Waals surface area contributed by atoms with Crippen LogP contribution in [0.5, 0.6) is 5.75 Å². The van der Waals surface area contributed by atoms with Crippen LogP contribution in [-0.4, -0.2) is 25.0 Å². The normalized spacial score (nSPS) is 18.7. The standard InChI is InChI=1S/C20H24N4O3/c1-27-16-9-5-6-14(12-16)10-11-19(25)23-24-20(26)18-13-17(21-22-18)15-7-3-2-4-8-15/h2-9,12,17-18,21-22H,10-11,13H2,1H3,(H,23,25)(H,24,26). The first-order valence-corrected chi connectivity index (χ1v) is 8.93. The number of benzene rings is 2. The van der Waals surface area contributed by atoms with Crippen LogP contribution in [0.25, 0.3) is 0 Å². The summed E-state index contributed by atoms with van der Waals surface area (Å²) < 4.78 is 5.17. The number of carbonyl (C=O) groups is 2. The highest BCUT2D eigenvalue weighted by Gasteiger charge is 2.30. The van der Waals surface area contributed by atoms with Crippen LogP contribution in [0.15, 0.2) is 54.6 Å². The lowest BCUT2D eigenvalue weighted by Crippen LogP contribution is -2.50. The summed E-state index contributed by atoms with van der Waals surface area (Å²) in [5.41, 5.74) is 13.2. The maximum Gasteiger partial charge on any atom is 0.256 e. The number of nitrogens with one attached hydrogen (secondary N) is 4. The van der Waals surface area contributed by atoms with Crippen LogP contribution in [0.4, 0.5) is 0 Å². The van der Waals surface area contributed by atoms with E-state index in [1.54, 1.807) is 7.11 Å². The first kappa shape index (κ1) is 18.9. The molecule has 0 spiro atoms. The van der Waals surface area contributed by atoms with Gasteiger partial charge in [0.15, 0.2) is 0 Å². The highest BCUT2D eigenvalue weighted by molar-refractivity contribution is 5.85. The lowest BCUT2D eigenvalue weighted by atomic mass is 10.0. The maximum atomic E-state index is 12.2. The van der Waals surface area contributed by atoms with Crippen molar-refractivity contribution in [2.45, 2.75) is 31.3 Å². The van der Waals surface area contributed by atoms with E-state index in [1.165, 1.54) is 0 Å². The van der Waals surface area contributed by atoms with E-state index in [2.05, 4.69) is 21.7 Å². The zero-order valence-electron chi connectivity index (χ0n) is 15.2. The molecule has 0 saturated carbocycles. The predicted molar refractivity (Wildman–Crippen MR) is 101 cm³/mol. The largest absolute Gasteiger partial charge is 0.497 e. The Morgan fingerprint density at radius 2 is 1.89 bits per heavy atom. The van der Waals surface area contributed by atoms with Crippen molar-refractivity contribution in [2.24, 2.45) is 0 Å². The molecule has 1 aliphatic rings. The molecule has 0 aromatic heterocycles. The number of hydrazine groups is 2. The molecule has 3 rings (SSSR count). The van der Waals surface area contributed by atoms with Crippen LogP contribution in [0, 0.1) is 0 Å². The van der Waals surface area contributed by atoms with E-state index >= 15 is 0 Å². The fourth-order valence-corrected chi connectivity index (χ4v) is 3.00. The number of carbonyl (C=O) groups excluding carboxylic acids is 2. The molecule has 7 nitrogen and oxygen atoms in total. The molecule has 0 radical (unpaired) electrons. The van der Waals surface area contributed by atoms with Gasteiger partial charge in [0.25, 0.3) is 5.91 Å². The van der Waals surface area contributed by atoms with Crippen LogP contribution >= 0.6 is 0 Å². The van der Waals surface area contributed by atoms with Gasteiger partial charge in [-0.1, -0.05) is 42.5 Å². The number of rotatable bonds is 6. The van der Waals surface area contributed by atoms with Gasteiger partial charge < -0.3 is 4.74 Å². The van der Waals surface area contributed by atoms with Crippen molar-refractivity contribution in [3.63, 3.8) is 0 Å². The van der Waals surface area contributed by atoms with Crippen LogP contribution < -0.4 is 26.4 Å². The molecule has 2 aromatic rings. The minimum atomic E-state index is -0.408. The van der Waals surface area contributed by atoms with Crippen LogP contribution in [0.1, 0.15) is 30.0 Å². The Balaban J connectivity index is 1.40. The van der Waals surface area contributed by atoms with Gasteiger partial charge in [-0.05, 0) is 36.1 Å². The fourth-order valence-electron chi connectivity index (χ4n) is 3.00. The van der Waals surface area contributed by atoms with E-state index in [0.29, 0.717) is 12.8 Å². The molecule has 0 aliphatic carbocycles. The Hall–Kier alpha value is -2.90. The molecule has 7 heteroatoms. The summed E-state index contributed by atoms with van der Waals surface area (Å²) >= 11 is 0. The van der Waals surface area contributed by atoms with Gasteiger partial charge in [0, 0.05) is 12.5 Å². The van der Waals surface area contributed by atoms with Crippen molar-refractivity contribution >= 4 is 11.8 Å². The van der Waals surface area contributed by atoms with E-state index in [9.17, 15) is 9.59 Å².